The third-order valence-corrected chi connectivity index (χ3v) is 6.30. The summed E-state index contributed by atoms with van der Waals surface area (Å²) in [5.74, 6) is 1.81. The number of aldehydes is 1. The number of carbonyl (C=O) groups is 1. The molecule has 2 aromatic carbocycles. The average molecular weight is 452 g/mol. The lowest BCUT2D eigenvalue weighted by Crippen LogP contribution is -2.06. The molecule has 1 N–H and O–H groups in total. The molecule has 0 aliphatic rings. The number of benzene rings is 2. The van der Waals surface area contributed by atoms with Gasteiger partial charge in [0.1, 0.15) is 17.6 Å². The van der Waals surface area contributed by atoms with Gasteiger partial charge in [-0.1, -0.05) is 43.7 Å². The van der Waals surface area contributed by atoms with Crippen LogP contribution in [0, 0.1) is 0 Å². The minimum absolute atomic E-state index is 0.622. The SMILES string of the molecule is CCCCc1nc2c(NC)nc3cc(C=O)ccc3c2n1Cc1ccc(Cn2cccc2)cc1. The van der Waals surface area contributed by atoms with E-state index in [2.05, 4.69) is 58.0 Å². The summed E-state index contributed by atoms with van der Waals surface area (Å²) in [7, 11) is 1.87. The zero-order valence-electron chi connectivity index (χ0n) is 19.7. The Bertz CT molecular complexity index is 1430. The highest BCUT2D eigenvalue weighted by Gasteiger charge is 2.18. The molecule has 0 amide bonds. The quantitative estimate of drug-likeness (QED) is 0.293. The maximum atomic E-state index is 11.4. The first-order valence-electron chi connectivity index (χ1n) is 11.8. The summed E-state index contributed by atoms with van der Waals surface area (Å²) in [4.78, 5) is 21.2. The molecule has 5 aromatic rings. The number of imidazole rings is 1. The standard InChI is InChI=1S/C28H29N5O/c1-3-4-7-25-31-26-27(23-13-12-22(19-34)16-24(23)30-28(26)29-2)33(25)18-21-10-8-20(9-11-21)17-32-14-5-6-15-32/h5-6,8-16,19H,3-4,7,17-18H2,1-2H3,(H,29,30). The van der Waals surface area contributed by atoms with E-state index in [1.807, 2.05) is 37.4 Å². The number of unbranched alkanes of at least 4 members (excludes halogenated alkanes) is 1. The minimum atomic E-state index is 0.622. The van der Waals surface area contributed by atoms with Crippen LogP contribution in [0.25, 0.3) is 21.9 Å². The number of anilines is 1. The van der Waals surface area contributed by atoms with E-state index in [1.165, 1.54) is 11.1 Å². The molecule has 5 rings (SSSR count). The van der Waals surface area contributed by atoms with Gasteiger partial charge in [-0.05, 0) is 41.8 Å². The predicted molar refractivity (Wildman–Crippen MR) is 138 cm³/mol. The zero-order valence-corrected chi connectivity index (χ0v) is 19.7. The van der Waals surface area contributed by atoms with E-state index in [9.17, 15) is 4.79 Å². The number of nitrogens with zero attached hydrogens (tertiary/aromatic N) is 4. The molecular weight excluding hydrogens is 422 g/mol. The molecule has 34 heavy (non-hydrogen) atoms. The Morgan fingerprint density at radius 1 is 0.971 bits per heavy atom. The monoisotopic (exact) mass is 451 g/mol. The molecule has 0 atom stereocenters. The van der Waals surface area contributed by atoms with Crippen molar-refractivity contribution in [1.29, 1.82) is 0 Å². The number of aryl methyl sites for hydroxylation is 1. The lowest BCUT2D eigenvalue weighted by Gasteiger charge is -2.12. The van der Waals surface area contributed by atoms with Gasteiger partial charge >= 0.3 is 0 Å². The molecule has 0 aliphatic carbocycles. The molecule has 0 saturated heterocycles. The molecule has 0 fully saturated rings. The van der Waals surface area contributed by atoms with Crippen LogP contribution in [0.15, 0.2) is 67.0 Å². The van der Waals surface area contributed by atoms with Gasteiger partial charge in [-0.25, -0.2) is 9.97 Å². The van der Waals surface area contributed by atoms with Crippen molar-refractivity contribution >= 4 is 34.0 Å². The van der Waals surface area contributed by atoms with Gasteiger partial charge in [-0.15, -0.1) is 0 Å². The summed E-state index contributed by atoms with van der Waals surface area (Å²) in [5, 5.41) is 4.22. The second kappa shape index (κ2) is 9.51. The first kappa shape index (κ1) is 21.9. The van der Waals surface area contributed by atoms with Crippen LogP contribution >= 0.6 is 0 Å². The minimum Gasteiger partial charge on any atom is -0.371 e. The van der Waals surface area contributed by atoms with Crippen LogP contribution in [0.3, 0.4) is 0 Å². The number of aromatic nitrogens is 4. The van der Waals surface area contributed by atoms with Gasteiger partial charge in [0.25, 0.3) is 0 Å². The number of carbonyl (C=O) groups excluding carboxylic acids is 1. The fourth-order valence-corrected chi connectivity index (χ4v) is 4.51. The van der Waals surface area contributed by atoms with E-state index < -0.39 is 0 Å². The molecule has 0 saturated carbocycles. The highest BCUT2D eigenvalue weighted by Crippen LogP contribution is 2.31. The molecule has 0 unspecified atom stereocenters. The van der Waals surface area contributed by atoms with Gasteiger partial charge in [-0.2, -0.15) is 0 Å². The highest BCUT2D eigenvalue weighted by molar-refractivity contribution is 6.08. The van der Waals surface area contributed by atoms with E-state index in [0.29, 0.717) is 5.56 Å². The van der Waals surface area contributed by atoms with Crippen molar-refractivity contribution in [3.63, 3.8) is 0 Å². The Kier molecular flexibility index (Phi) is 6.12. The first-order valence-corrected chi connectivity index (χ1v) is 11.8. The Morgan fingerprint density at radius 3 is 2.38 bits per heavy atom. The molecule has 0 radical (unpaired) electrons. The topological polar surface area (TPSA) is 64.7 Å². The number of rotatable bonds is 9. The summed E-state index contributed by atoms with van der Waals surface area (Å²) in [6.45, 7) is 3.80. The summed E-state index contributed by atoms with van der Waals surface area (Å²) in [5.41, 5.74) is 5.87. The maximum Gasteiger partial charge on any atom is 0.154 e. The molecule has 0 spiro atoms. The average Bonchev–Trinajstić information content (AvgIpc) is 3.51. The number of hydrogen-bond acceptors (Lipinski definition) is 4. The Morgan fingerprint density at radius 2 is 1.71 bits per heavy atom. The van der Waals surface area contributed by atoms with Crippen LogP contribution in [-0.4, -0.2) is 32.4 Å². The normalized spacial score (nSPS) is 11.4. The van der Waals surface area contributed by atoms with Crippen molar-refractivity contribution in [3.8, 4) is 0 Å². The van der Waals surface area contributed by atoms with Crippen LogP contribution < -0.4 is 5.32 Å². The van der Waals surface area contributed by atoms with Crippen LogP contribution in [0.5, 0.6) is 0 Å². The third kappa shape index (κ3) is 4.19. The van der Waals surface area contributed by atoms with Gasteiger partial charge in [0, 0.05) is 49.9 Å². The van der Waals surface area contributed by atoms with Crippen LogP contribution in [0.4, 0.5) is 5.82 Å². The maximum absolute atomic E-state index is 11.4. The smallest absolute Gasteiger partial charge is 0.154 e. The fraction of sp³-hybridized carbons (Fsp3) is 0.250. The van der Waals surface area contributed by atoms with E-state index >= 15 is 0 Å². The highest BCUT2D eigenvalue weighted by atomic mass is 16.1. The van der Waals surface area contributed by atoms with Gasteiger partial charge in [-0.3, -0.25) is 4.79 Å². The molecule has 172 valence electrons. The van der Waals surface area contributed by atoms with Crippen LogP contribution in [0.2, 0.25) is 0 Å². The van der Waals surface area contributed by atoms with Crippen molar-refractivity contribution in [3.05, 3.63) is 89.5 Å². The summed E-state index contributed by atoms with van der Waals surface area (Å²) < 4.78 is 4.50. The Labute approximate surface area is 199 Å². The lowest BCUT2D eigenvalue weighted by molar-refractivity contribution is 0.112. The van der Waals surface area contributed by atoms with E-state index in [4.69, 9.17) is 9.97 Å². The molecule has 6 nitrogen and oxygen atoms in total. The van der Waals surface area contributed by atoms with Crippen molar-refractivity contribution in [2.24, 2.45) is 0 Å². The lowest BCUT2D eigenvalue weighted by atomic mass is 10.1. The van der Waals surface area contributed by atoms with Crippen molar-refractivity contribution in [1.82, 2.24) is 19.1 Å². The largest absolute Gasteiger partial charge is 0.371 e. The molecule has 0 aliphatic heterocycles. The van der Waals surface area contributed by atoms with E-state index in [1.54, 1.807) is 0 Å². The van der Waals surface area contributed by atoms with Gasteiger partial charge in [0.2, 0.25) is 0 Å². The number of fused-ring (bicyclic) bond motifs is 3. The van der Waals surface area contributed by atoms with Gasteiger partial charge < -0.3 is 14.5 Å². The third-order valence-electron chi connectivity index (χ3n) is 6.30. The predicted octanol–water partition coefficient (Wildman–Crippen LogP) is 5.68. The summed E-state index contributed by atoms with van der Waals surface area (Å²) in [6, 6.07) is 18.6. The molecule has 3 aromatic heterocycles. The molecule has 6 heteroatoms. The number of pyridine rings is 1. The van der Waals surface area contributed by atoms with Crippen LogP contribution in [0.1, 0.15) is 47.1 Å². The van der Waals surface area contributed by atoms with E-state index in [-0.39, 0.29) is 0 Å². The van der Waals surface area contributed by atoms with Gasteiger partial charge in [0.05, 0.1) is 11.0 Å². The second-order valence-corrected chi connectivity index (χ2v) is 8.69. The van der Waals surface area contributed by atoms with Crippen molar-refractivity contribution in [2.45, 2.75) is 39.3 Å². The van der Waals surface area contributed by atoms with Crippen molar-refractivity contribution in [2.75, 3.05) is 12.4 Å². The fourth-order valence-electron chi connectivity index (χ4n) is 4.51. The Hall–Kier alpha value is -3.93. The molecule has 0 bridgehead atoms. The molecule has 3 heterocycles. The van der Waals surface area contributed by atoms with Crippen molar-refractivity contribution < 1.29 is 4.79 Å². The summed E-state index contributed by atoms with van der Waals surface area (Å²) >= 11 is 0. The number of nitrogens with one attached hydrogen (secondary N) is 1. The van der Waals surface area contributed by atoms with Crippen LogP contribution in [-0.2, 0) is 19.5 Å². The Balaban J connectivity index is 1.60. The summed E-state index contributed by atoms with van der Waals surface area (Å²) in [6.07, 6.45) is 8.13. The first-order chi connectivity index (χ1) is 16.7. The van der Waals surface area contributed by atoms with E-state index in [0.717, 1.165) is 72.2 Å². The van der Waals surface area contributed by atoms with Gasteiger partial charge in [0.15, 0.2) is 5.82 Å². The second-order valence-electron chi connectivity index (χ2n) is 8.69. The zero-order chi connectivity index (χ0) is 23.5. The number of hydrogen-bond donors (Lipinski definition) is 1. The molecular formula is C28H29N5O.